The van der Waals surface area contributed by atoms with Crippen LogP contribution in [0.5, 0.6) is 11.5 Å². The fourth-order valence-corrected chi connectivity index (χ4v) is 3.83. The lowest BCUT2D eigenvalue weighted by Gasteiger charge is -2.08. The molecule has 0 fully saturated rings. The van der Waals surface area contributed by atoms with E-state index in [4.69, 9.17) is 21.1 Å². The van der Waals surface area contributed by atoms with Crippen molar-refractivity contribution < 1.29 is 14.3 Å². The number of benzene rings is 3. The average Bonchev–Trinajstić information content (AvgIpc) is 2.92. The van der Waals surface area contributed by atoms with Gasteiger partial charge in [-0.2, -0.15) is 0 Å². The standard InChI is InChI=1S/C28H27ClN4O4/c1-36-23-9-5-19(6-10-23)15-16-30-26(34)14-13-25-28(35)31-27(33-32-25)21-7-11-24(12-8-21)37-18-20-3-2-4-22(29)17-20/h2-12,17H,13-16,18H2,1H3,(H,30,34)(H,31,33,35). The third kappa shape index (κ3) is 7.65. The van der Waals surface area contributed by atoms with Crippen molar-refractivity contribution in [3.8, 4) is 22.9 Å². The number of aromatic nitrogens is 3. The number of carbonyl (C=O) groups is 1. The van der Waals surface area contributed by atoms with Crippen LogP contribution in [-0.2, 0) is 24.2 Å². The average molecular weight is 519 g/mol. The second-order valence-electron chi connectivity index (χ2n) is 8.34. The van der Waals surface area contributed by atoms with E-state index in [0.717, 1.165) is 16.9 Å². The molecular weight excluding hydrogens is 492 g/mol. The van der Waals surface area contributed by atoms with Crippen molar-refractivity contribution in [2.24, 2.45) is 0 Å². The van der Waals surface area contributed by atoms with Gasteiger partial charge in [-0.15, -0.1) is 10.2 Å². The lowest BCUT2D eigenvalue weighted by Crippen LogP contribution is -2.27. The molecule has 0 saturated carbocycles. The van der Waals surface area contributed by atoms with Gasteiger partial charge in [-0.3, -0.25) is 9.59 Å². The molecular formula is C28H27ClN4O4. The highest BCUT2D eigenvalue weighted by atomic mass is 35.5. The van der Waals surface area contributed by atoms with Crippen LogP contribution in [0.1, 0.15) is 23.2 Å². The van der Waals surface area contributed by atoms with Crippen LogP contribution in [0.3, 0.4) is 0 Å². The van der Waals surface area contributed by atoms with Crippen LogP contribution in [0.15, 0.2) is 77.6 Å². The third-order valence-electron chi connectivity index (χ3n) is 5.67. The molecule has 4 rings (SSSR count). The van der Waals surface area contributed by atoms with Gasteiger partial charge in [0, 0.05) is 30.0 Å². The molecule has 2 N–H and O–H groups in total. The van der Waals surface area contributed by atoms with E-state index in [0.29, 0.717) is 41.7 Å². The molecule has 0 aliphatic carbocycles. The fraction of sp³-hybridized carbons (Fsp3) is 0.214. The third-order valence-corrected chi connectivity index (χ3v) is 5.91. The highest BCUT2D eigenvalue weighted by molar-refractivity contribution is 6.30. The van der Waals surface area contributed by atoms with Gasteiger partial charge in [-0.05, 0) is 66.1 Å². The van der Waals surface area contributed by atoms with E-state index < -0.39 is 0 Å². The molecule has 3 aromatic carbocycles. The van der Waals surface area contributed by atoms with E-state index in [1.165, 1.54) is 0 Å². The maximum atomic E-state index is 12.5. The molecule has 37 heavy (non-hydrogen) atoms. The lowest BCUT2D eigenvalue weighted by molar-refractivity contribution is -0.121. The van der Waals surface area contributed by atoms with Gasteiger partial charge < -0.3 is 19.8 Å². The molecule has 8 nitrogen and oxygen atoms in total. The number of ether oxygens (including phenoxy) is 2. The molecule has 0 bridgehead atoms. The van der Waals surface area contributed by atoms with Crippen molar-refractivity contribution in [3.05, 3.63) is 105 Å². The molecule has 0 saturated heterocycles. The van der Waals surface area contributed by atoms with Gasteiger partial charge in [0.15, 0.2) is 5.82 Å². The van der Waals surface area contributed by atoms with E-state index in [1.807, 2.05) is 48.5 Å². The SMILES string of the molecule is COc1ccc(CCNC(=O)CCc2nnc(-c3ccc(OCc4cccc(Cl)c4)cc3)[nH]c2=O)cc1. The van der Waals surface area contributed by atoms with Crippen molar-refractivity contribution in [2.45, 2.75) is 25.9 Å². The first-order valence-electron chi connectivity index (χ1n) is 11.8. The number of carbonyl (C=O) groups excluding carboxylic acids is 1. The summed E-state index contributed by atoms with van der Waals surface area (Å²) in [5.41, 5.74) is 2.61. The van der Waals surface area contributed by atoms with Crippen LogP contribution in [-0.4, -0.2) is 34.7 Å². The Morgan fingerprint density at radius 1 is 0.946 bits per heavy atom. The van der Waals surface area contributed by atoms with Crippen LogP contribution in [0.2, 0.25) is 5.02 Å². The van der Waals surface area contributed by atoms with Crippen LogP contribution in [0.4, 0.5) is 0 Å². The molecule has 1 aromatic heterocycles. The summed E-state index contributed by atoms with van der Waals surface area (Å²) in [6.07, 6.45) is 1.06. The number of nitrogens with zero attached hydrogens (tertiary/aromatic N) is 2. The highest BCUT2D eigenvalue weighted by Gasteiger charge is 2.10. The lowest BCUT2D eigenvalue weighted by atomic mass is 10.1. The summed E-state index contributed by atoms with van der Waals surface area (Å²) < 4.78 is 10.9. The van der Waals surface area contributed by atoms with Gasteiger partial charge in [0.05, 0.1) is 7.11 Å². The number of aromatic amines is 1. The van der Waals surface area contributed by atoms with E-state index in [9.17, 15) is 9.59 Å². The molecule has 9 heteroatoms. The number of methoxy groups -OCH3 is 1. The maximum absolute atomic E-state index is 12.5. The number of aryl methyl sites for hydroxylation is 1. The first-order valence-corrected chi connectivity index (χ1v) is 12.2. The Labute approximate surface area is 219 Å². The minimum Gasteiger partial charge on any atom is -0.497 e. The van der Waals surface area contributed by atoms with Crippen LogP contribution in [0, 0.1) is 0 Å². The predicted octanol–water partition coefficient (Wildman–Crippen LogP) is 4.36. The molecule has 0 spiro atoms. The summed E-state index contributed by atoms with van der Waals surface area (Å²) in [5.74, 6) is 1.67. The Balaban J connectivity index is 1.25. The molecule has 0 aliphatic rings. The number of nitrogens with one attached hydrogen (secondary N) is 2. The molecule has 0 radical (unpaired) electrons. The number of rotatable bonds is 11. The van der Waals surface area contributed by atoms with Crippen LogP contribution >= 0.6 is 11.6 Å². The number of H-pyrrole nitrogens is 1. The van der Waals surface area contributed by atoms with Crippen molar-refractivity contribution >= 4 is 17.5 Å². The zero-order valence-electron chi connectivity index (χ0n) is 20.4. The predicted molar refractivity (Wildman–Crippen MR) is 142 cm³/mol. The van der Waals surface area contributed by atoms with E-state index in [-0.39, 0.29) is 30.0 Å². The summed E-state index contributed by atoms with van der Waals surface area (Å²) in [4.78, 5) is 27.4. The molecule has 0 aliphatic heterocycles. The van der Waals surface area contributed by atoms with E-state index in [1.54, 1.807) is 31.4 Å². The summed E-state index contributed by atoms with van der Waals surface area (Å²) in [6, 6.07) is 22.4. The Bertz CT molecular complexity index is 1390. The van der Waals surface area contributed by atoms with Crippen molar-refractivity contribution in [2.75, 3.05) is 13.7 Å². The summed E-state index contributed by atoms with van der Waals surface area (Å²) in [7, 11) is 1.62. The molecule has 1 heterocycles. The molecule has 0 atom stereocenters. The number of hydrogen-bond donors (Lipinski definition) is 2. The van der Waals surface area contributed by atoms with E-state index in [2.05, 4.69) is 20.5 Å². The van der Waals surface area contributed by atoms with Gasteiger partial charge in [0.2, 0.25) is 5.91 Å². The van der Waals surface area contributed by atoms with Gasteiger partial charge in [0.1, 0.15) is 23.8 Å². The second kappa shape index (κ2) is 12.7. The number of hydrogen-bond acceptors (Lipinski definition) is 6. The van der Waals surface area contributed by atoms with Gasteiger partial charge in [-0.1, -0.05) is 35.9 Å². The smallest absolute Gasteiger partial charge is 0.273 e. The Morgan fingerprint density at radius 3 is 2.41 bits per heavy atom. The highest BCUT2D eigenvalue weighted by Crippen LogP contribution is 2.20. The topological polar surface area (TPSA) is 106 Å². The Hall–Kier alpha value is -4.17. The van der Waals surface area contributed by atoms with Gasteiger partial charge in [-0.25, -0.2) is 0 Å². The molecule has 190 valence electrons. The monoisotopic (exact) mass is 518 g/mol. The molecule has 4 aromatic rings. The first kappa shape index (κ1) is 25.9. The fourth-order valence-electron chi connectivity index (χ4n) is 3.62. The Kier molecular flexibility index (Phi) is 8.89. The minimum atomic E-state index is -0.364. The summed E-state index contributed by atoms with van der Waals surface area (Å²) in [6.45, 7) is 0.894. The van der Waals surface area contributed by atoms with Crippen molar-refractivity contribution in [1.82, 2.24) is 20.5 Å². The number of amides is 1. The maximum Gasteiger partial charge on any atom is 0.273 e. The molecule has 1 amide bonds. The van der Waals surface area contributed by atoms with Gasteiger partial charge >= 0.3 is 0 Å². The largest absolute Gasteiger partial charge is 0.497 e. The normalized spacial score (nSPS) is 10.6. The number of halogens is 1. The minimum absolute atomic E-state index is 0.146. The van der Waals surface area contributed by atoms with E-state index >= 15 is 0 Å². The van der Waals surface area contributed by atoms with Crippen molar-refractivity contribution in [1.29, 1.82) is 0 Å². The second-order valence-corrected chi connectivity index (χ2v) is 8.78. The van der Waals surface area contributed by atoms with Crippen molar-refractivity contribution in [3.63, 3.8) is 0 Å². The summed E-state index contributed by atoms with van der Waals surface area (Å²) in [5, 5.41) is 11.7. The Morgan fingerprint density at radius 2 is 1.70 bits per heavy atom. The van der Waals surface area contributed by atoms with Crippen LogP contribution in [0.25, 0.3) is 11.4 Å². The zero-order valence-corrected chi connectivity index (χ0v) is 21.1. The first-order chi connectivity index (χ1) is 18.0. The zero-order chi connectivity index (χ0) is 26.0. The van der Waals surface area contributed by atoms with Gasteiger partial charge in [0.25, 0.3) is 5.56 Å². The summed E-state index contributed by atoms with van der Waals surface area (Å²) >= 11 is 6.00. The quantitative estimate of drug-likeness (QED) is 0.305. The van der Waals surface area contributed by atoms with Crippen LogP contribution < -0.4 is 20.3 Å². The molecule has 0 unspecified atom stereocenters.